The summed E-state index contributed by atoms with van der Waals surface area (Å²) in [6.07, 6.45) is 5.26. The number of rotatable bonds is 4. The van der Waals surface area contributed by atoms with Gasteiger partial charge in [-0.2, -0.15) is 0 Å². The smallest absolute Gasteiger partial charge is 0.408 e. The van der Waals surface area contributed by atoms with Crippen LogP contribution in [-0.4, -0.2) is 43.5 Å². The van der Waals surface area contributed by atoms with Crippen LogP contribution in [-0.2, 0) is 11.3 Å². The van der Waals surface area contributed by atoms with Crippen LogP contribution in [0.25, 0.3) is 11.1 Å². The molecule has 1 aliphatic heterocycles. The summed E-state index contributed by atoms with van der Waals surface area (Å²) < 4.78 is 8.48. The molecule has 26 heavy (non-hydrogen) atoms. The van der Waals surface area contributed by atoms with Crippen LogP contribution in [0.15, 0.2) is 39.7 Å². The number of fused-ring (bicyclic) bond motifs is 1. The van der Waals surface area contributed by atoms with Crippen LogP contribution in [0.2, 0.25) is 0 Å². The summed E-state index contributed by atoms with van der Waals surface area (Å²) in [5.41, 5.74) is 2.21. The molecule has 1 aliphatic carbocycles. The van der Waals surface area contributed by atoms with Gasteiger partial charge in [-0.15, -0.1) is 5.10 Å². The Balaban J connectivity index is 1.30. The molecule has 1 unspecified atom stereocenters. The summed E-state index contributed by atoms with van der Waals surface area (Å²) in [4.78, 5) is 26.5. The highest BCUT2D eigenvalue weighted by molar-refractivity contribution is 5.79. The van der Waals surface area contributed by atoms with Crippen molar-refractivity contribution in [2.24, 2.45) is 0 Å². The number of oxazole rings is 1. The van der Waals surface area contributed by atoms with Crippen LogP contribution in [0.3, 0.4) is 0 Å². The largest absolute Gasteiger partial charge is 0.420 e. The van der Waals surface area contributed by atoms with Gasteiger partial charge >= 0.3 is 5.76 Å². The maximum Gasteiger partial charge on any atom is 0.420 e. The quantitative estimate of drug-likeness (QED) is 0.710. The number of benzene rings is 1. The number of nitrogens with zero attached hydrogens (tertiary/aromatic N) is 5. The average molecular weight is 353 g/mol. The second kappa shape index (κ2) is 5.82. The molecule has 0 radical (unpaired) electrons. The third-order valence-corrected chi connectivity index (χ3v) is 5.28. The van der Waals surface area contributed by atoms with E-state index in [0.717, 1.165) is 12.1 Å². The van der Waals surface area contributed by atoms with Gasteiger partial charge in [0, 0.05) is 25.2 Å². The fraction of sp³-hybridized carbons (Fsp3) is 0.444. The summed E-state index contributed by atoms with van der Waals surface area (Å²) in [5, 5.41) is 8.49. The third kappa shape index (κ3) is 2.61. The average Bonchev–Trinajstić information content (AvgIpc) is 3.08. The molecule has 1 aromatic carbocycles. The van der Waals surface area contributed by atoms with Gasteiger partial charge in [-0.25, -0.2) is 9.48 Å². The first kappa shape index (κ1) is 15.4. The number of hydrogen-bond donors (Lipinski definition) is 0. The Labute approximate surface area is 149 Å². The lowest BCUT2D eigenvalue weighted by atomic mass is 10.2. The first-order valence-corrected chi connectivity index (χ1v) is 8.97. The minimum Gasteiger partial charge on any atom is -0.408 e. The van der Waals surface area contributed by atoms with Gasteiger partial charge in [-0.05, 0) is 31.4 Å². The number of aromatic nitrogens is 4. The molecular weight excluding hydrogens is 334 g/mol. The first-order valence-electron chi connectivity index (χ1n) is 8.97. The van der Waals surface area contributed by atoms with Gasteiger partial charge in [0.05, 0.1) is 17.3 Å². The van der Waals surface area contributed by atoms with Gasteiger partial charge in [0.1, 0.15) is 6.54 Å². The predicted octanol–water partition coefficient (Wildman–Crippen LogP) is 1.54. The van der Waals surface area contributed by atoms with Crippen LogP contribution in [0.1, 0.15) is 36.9 Å². The molecule has 2 fully saturated rings. The van der Waals surface area contributed by atoms with Crippen LogP contribution < -0.4 is 5.76 Å². The van der Waals surface area contributed by atoms with Crippen LogP contribution in [0.4, 0.5) is 0 Å². The fourth-order valence-electron chi connectivity index (χ4n) is 3.62. The number of para-hydroxylation sites is 2. The van der Waals surface area contributed by atoms with Gasteiger partial charge in [0.25, 0.3) is 0 Å². The van der Waals surface area contributed by atoms with Gasteiger partial charge in [0.15, 0.2) is 5.58 Å². The highest BCUT2D eigenvalue weighted by Crippen LogP contribution is 2.39. The number of carbonyl (C=O) groups excluding carboxylic acids is 1. The topological polar surface area (TPSA) is 86.2 Å². The van der Waals surface area contributed by atoms with Crippen molar-refractivity contribution in [1.82, 2.24) is 24.5 Å². The van der Waals surface area contributed by atoms with E-state index in [-0.39, 0.29) is 18.5 Å². The van der Waals surface area contributed by atoms with E-state index in [4.69, 9.17) is 4.42 Å². The molecule has 3 aromatic rings. The molecule has 2 aliphatic rings. The second-order valence-corrected chi connectivity index (χ2v) is 7.10. The normalized spacial score (nSPS) is 20.2. The molecule has 3 heterocycles. The summed E-state index contributed by atoms with van der Waals surface area (Å²) in [6, 6.07) is 7.29. The molecule has 0 spiro atoms. The van der Waals surface area contributed by atoms with E-state index in [1.165, 1.54) is 17.4 Å². The minimum atomic E-state index is -0.499. The molecule has 8 nitrogen and oxygen atoms in total. The zero-order valence-corrected chi connectivity index (χ0v) is 14.2. The number of carbonyl (C=O) groups is 1. The molecule has 1 saturated heterocycles. The standard InChI is InChI=1S/C18H19N5O3/c24-17(11-22-15-3-1-2-4-16(15)26-18(22)25)21-8-7-13(9-21)23-10-14(19-20-23)12-5-6-12/h1-4,10,12-13H,5-9,11H2. The fourth-order valence-corrected chi connectivity index (χ4v) is 3.62. The van der Waals surface area contributed by atoms with Gasteiger partial charge in [-0.3, -0.25) is 9.36 Å². The lowest BCUT2D eigenvalue weighted by Crippen LogP contribution is -2.34. The lowest BCUT2D eigenvalue weighted by molar-refractivity contribution is -0.130. The predicted molar refractivity (Wildman–Crippen MR) is 92.7 cm³/mol. The summed E-state index contributed by atoms with van der Waals surface area (Å²) in [6.45, 7) is 1.25. The molecular formula is C18H19N5O3. The summed E-state index contributed by atoms with van der Waals surface area (Å²) >= 11 is 0. The Hall–Kier alpha value is -2.90. The Morgan fingerprint density at radius 1 is 1.23 bits per heavy atom. The van der Waals surface area contributed by atoms with Gasteiger partial charge < -0.3 is 9.32 Å². The van der Waals surface area contributed by atoms with E-state index in [1.807, 2.05) is 16.9 Å². The molecule has 8 heteroatoms. The Morgan fingerprint density at radius 3 is 2.92 bits per heavy atom. The Bertz CT molecular complexity index is 1030. The molecule has 0 bridgehead atoms. The van der Waals surface area contributed by atoms with E-state index in [1.54, 1.807) is 23.1 Å². The van der Waals surface area contributed by atoms with E-state index in [2.05, 4.69) is 10.3 Å². The van der Waals surface area contributed by atoms with Crippen molar-refractivity contribution in [2.75, 3.05) is 13.1 Å². The van der Waals surface area contributed by atoms with Crippen LogP contribution >= 0.6 is 0 Å². The van der Waals surface area contributed by atoms with E-state index in [0.29, 0.717) is 30.1 Å². The van der Waals surface area contributed by atoms with E-state index in [9.17, 15) is 9.59 Å². The number of amides is 1. The highest BCUT2D eigenvalue weighted by Gasteiger charge is 2.31. The van der Waals surface area contributed by atoms with Crippen molar-refractivity contribution >= 4 is 17.0 Å². The highest BCUT2D eigenvalue weighted by atomic mass is 16.4. The van der Waals surface area contributed by atoms with E-state index < -0.39 is 5.76 Å². The molecule has 5 rings (SSSR count). The molecule has 1 atom stereocenters. The third-order valence-electron chi connectivity index (χ3n) is 5.28. The van der Waals surface area contributed by atoms with Crippen molar-refractivity contribution < 1.29 is 9.21 Å². The zero-order valence-electron chi connectivity index (χ0n) is 14.2. The first-order chi connectivity index (χ1) is 12.7. The van der Waals surface area contributed by atoms with Gasteiger partial charge in [-0.1, -0.05) is 17.3 Å². The Morgan fingerprint density at radius 2 is 2.08 bits per heavy atom. The van der Waals surface area contributed by atoms with Crippen molar-refractivity contribution in [1.29, 1.82) is 0 Å². The zero-order chi connectivity index (χ0) is 17.7. The van der Waals surface area contributed by atoms with Crippen molar-refractivity contribution in [2.45, 2.75) is 37.8 Å². The van der Waals surface area contributed by atoms with Crippen molar-refractivity contribution in [3.8, 4) is 0 Å². The van der Waals surface area contributed by atoms with Crippen LogP contribution in [0.5, 0.6) is 0 Å². The van der Waals surface area contributed by atoms with E-state index >= 15 is 0 Å². The van der Waals surface area contributed by atoms with Crippen molar-refractivity contribution in [3.05, 3.63) is 46.7 Å². The molecule has 2 aromatic heterocycles. The minimum absolute atomic E-state index is 0.00670. The molecule has 134 valence electrons. The SMILES string of the molecule is O=C(Cn1c(=O)oc2ccccc21)N1CCC(n2cc(C3CC3)nn2)C1. The van der Waals surface area contributed by atoms with Crippen LogP contribution in [0, 0.1) is 0 Å². The second-order valence-electron chi connectivity index (χ2n) is 7.10. The Kier molecular flexibility index (Phi) is 3.44. The molecule has 0 N–H and O–H groups in total. The van der Waals surface area contributed by atoms with Gasteiger partial charge in [0.2, 0.25) is 5.91 Å². The maximum absolute atomic E-state index is 12.7. The molecule has 1 amide bonds. The summed E-state index contributed by atoms with van der Waals surface area (Å²) in [5.74, 6) is -0.00605. The van der Waals surface area contributed by atoms with Crippen molar-refractivity contribution in [3.63, 3.8) is 0 Å². The monoisotopic (exact) mass is 353 g/mol. The summed E-state index contributed by atoms with van der Waals surface area (Å²) in [7, 11) is 0. The number of hydrogen-bond acceptors (Lipinski definition) is 5. The molecule has 1 saturated carbocycles. The number of likely N-dealkylation sites (tertiary alicyclic amines) is 1. The lowest BCUT2D eigenvalue weighted by Gasteiger charge is -2.16. The maximum atomic E-state index is 12.7.